The zero-order valence-electron chi connectivity index (χ0n) is 19.0. The summed E-state index contributed by atoms with van der Waals surface area (Å²) in [6.07, 6.45) is 4.84. The number of imidazole rings is 1. The molecular formula is C27H27N3O2. The Labute approximate surface area is 188 Å². The molecule has 5 heteroatoms. The quantitative estimate of drug-likeness (QED) is 0.519. The van der Waals surface area contributed by atoms with Crippen LogP contribution in [0, 0.1) is 5.92 Å². The maximum atomic E-state index is 6.25. The van der Waals surface area contributed by atoms with Crippen molar-refractivity contribution in [2.45, 2.75) is 53.2 Å². The van der Waals surface area contributed by atoms with Crippen molar-refractivity contribution >= 4 is 11.3 Å². The lowest BCUT2D eigenvalue weighted by Crippen LogP contribution is -2.15. The molecule has 4 heterocycles. The molecule has 0 radical (unpaired) electrons. The molecule has 0 aliphatic carbocycles. The third-order valence-corrected chi connectivity index (χ3v) is 6.63. The van der Waals surface area contributed by atoms with Gasteiger partial charge in [0, 0.05) is 35.4 Å². The van der Waals surface area contributed by atoms with Gasteiger partial charge in [-0.15, -0.1) is 0 Å². The Hall–Kier alpha value is -3.34. The third-order valence-electron chi connectivity index (χ3n) is 6.63. The van der Waals surface area contributed by atoms with Crippen LogP contribution in [0.4, 0.5) is 0 Å². The van der Waals surface area contributed by atoms with Crippen LogP contribution in [0.2, 0.25) is 0 Å². The fourth-order valence-corrected chi connectivity index (χ4v) is 4.79. The summed E-state index contributed by atoms with van der Waals surface area (Å²) in [5.74, 6) is 3.57. The average molecular weight is 426 g/mol. The summed E-state index contributed by atoms with van der Waals surface area (Å²) >= 11 is 0. The van der Waals surface area contributed by atoms with Crippen LogP contribution in [-0.4, -0.2) is 15.7 Å². The van der Waals surface area contributed by atoms with E-state index in [2.05, 4.69) is 66.9 Å². The van der Waals surface area contributed by atoms with E-state index in [1.54, 1.807) is 0 Å². The Balaban J connectivity index is 1.40. The van der Waals surface area contributed by atoms with Crippen LogP contribution in [0.3, 0.4) is 0 Å². The summed E-state index contributed by atoms with van der Waals surface area (Å²) in [4.78, 5) is 12.6. The van der Waals surface area contributed by atoms with Crippen LogP contribution in [0.5, 0.6) is 11.5 Å². The largest absolute Gasteiger partial charge is 0.488 e. The normalized spacial score (nSPS) is 15.9. The molecule has 162 valence electrons. The molecule has 0 atom stereocenters. The van der Waals surface area contributed by atoms with Gasteiger partial charge in [-0.05, 0) is 52.4 Å². The molecule has 0 saturated heterocycles. The summed E-state index contributed by atoms with van der Waals surface area (Å²) in [6, 6.07) is 8.76. The molecule has 0 spiro atoms. The predicted molar refractivity (Wildman–Crippen MR) is 127 cm³/mol. The molecule has 1 N–H and O–H groups in total. The van der Waals surface area contributed by atoms with Crippen molar-refractivity contribution in [1.29, 1.82) is 0 Å². The number of H-pyrrole nitrogens is 1. The van der Waals surface area contributed by atoms with Crippen LogP contribution >= 0.6 is 0 Å². The topological polar surface area (TPSA) is 59.5 Å². The van der Waals surface area contributed by atoms with E-state index < -0.39 is 0 Å². The van der Waals surface area contributed by atoms with Gasteiger partial charge in [0.1, 0.15) is 30.5 Å². The smallest absolute Gasteiger partial charge is 0.132 e. The van der Waals surface area contributed by atoms with Gasteiger partial charge in [-0.3, -0.25) is 4.99 Å². The van der Waals surface area contributed by atoms with Crippen LogP contribution in [0.1, 0.15) is 62.5 Å². The molecule has 32 heavy (non-hydrogen) atoms. The Morgan fingerprint density at radius 2 is 1.53 bits per heavy atom. The number of nitrogens with zero attached hydrogens (tertiary/aromatic N) is 2. The number of aromatic nitrogens is 2. The number of hydrogen-bond donors (Lipinski definition) is 1. The number of allylic oxidation sites excluding steroid dienone is 1. The first-order valence-electron chi connectivity index (χ1n) is 11.4. The maximum Gasteiger partial charge on any atom is 0.132 e. The number of hydrogen-bond acceptors (Lipinski definition) is 4. The molecule has 0 saturated carbocycles. The van der Waals surface area contributed by atoms with Crippen LogP contribution in [0.15, 0.2) is 41.7 Å². The minimum Gasteiger partial charge on any atom is -0.488 e. The molecule has 1 aromatic heterocycles. The van der Waals surface area contributed by atoms with Gasteiger partial charge in [0.15, 0.2) is 0 Å². The number of ether oxygens (including phenoxy) is 2. The fraction of sp³-hybridized carbons (Fsp3) is 0.333. The van der Waals surface area contributed by atoms with Crippen LogP contribution in [-0.2, 0) is 13.2 Å². The summed E-state index contributed by atoms with van der Waals surface area (Å²) in [6.45, 7) is 9.81. The van der Waals surface area contributed by atoms with Crippen molar-refractivity contribution in [3.05, 3.63) is 59.2 Å². The Morgan fingerprint density at radius 3 is 2.09 bits per heavy atom. The first kappa shape index (κ1) is 19.4. The first-order chi connectivity index (χ1) is 15.5. The van der Waals surface area contributed by atoms with Gasteiger partial charge in [-0.25, -0.2) is 4.98 Å². The Morgan fingerprint density at radius 1 is 0.844 bits per heavy atom. The highest BCUT2D eigenvalue weighted by molar-refractivity contribution is 6.00. The van der Waals surface area contributed by atoms with Crippen molar-refractivity contribution in [2.24, 2.45) is 10.9 Å². The minimum absolute atomic E-state index is 0.355. The second-order valence-electron chi connectivity index (χ2n) is 9.54. The van der Waals surface area contributed by atoms with Gasteiger partial charge >= 0.3 is 0 Å². The lowest BCUT2D eigenvalue weighted by atomic mass is 9.86. The van der Waals surface area contributed by atoms with Crippen LogP contribution < -0.4 is 9.47 Å². The standard InChI is InChI=1S/C27H27N3O2/c1-14(2)21-7-18(10-28-21)16-5-19-12-31-23-8-17(22-11-29-27(30-22)15(3)4)9-24-26(23)25(19)20(6-16)13-32-24/h5-6,8-11,14-15H,7,12-13H2,1-4H3,(H,29,30). The molecule has 0 amide bonds. The second kappa shape index (κ2) is 7.09. The van der Waals surface area contributed by atoms with Gasteiger partial charge in [0.25, 0.3) is 0 Å². The van der Waals surface area contributed by atoms with Crippen molar-refractivity contribution in [2.75, 3.05) is 0 Å². The van der Waals surface area contributed by atoms with Gasteiger partial charge in [0.2, 0.25) is 0 Å². The van der Waals surface area contributed by atoms with Gasteiger partial charge < -0.3 is 14.5 Å². The van der Waals surface area contributed by atoms with E-state index in [0.29, 0.717) is 25.0 Å². The van der Waals surface area contributed by atoms with Gasteiger partial charge in [-0.1, -0.05) is 27.7 Å². The van der Waals surface area contributed by atoms with Crippen molar-refractivity contribution < 1.29 is 9.47 Å². The highest BCUT2D eigenvalue weighted by Crippen LogP contribution is 2.51. The molecule has 3 aliphatic rings. The van der Waals surface area contributed by atoms with Gasteiger partial charge in [0.05, 0.1) is 17.5 Å². The molecule has 5 nitrogen and oxygen atoms in total. The fourth-order valence-electron chi connectivity index (χ4n) is 4.79. The van der Waals surface area contributed by atoms with Crippen LogP contribution in [0.25, 0.3) is 28.0 Å². The summed E-state index contributed by atoms with van der Waals surface area (Å²) < 4.78 is 12.5. The summed E-state index contributed by atoms with van der Waals surface area (Å²) in [5, 5.41) is 0. The van der Waals surface area contributed by atoms with Gasteiger partial charge in [-0.2, -0.15) is 0 Å². The summed E-state index contributed by atoms with van der Waals surface area (Å²) in [5.41, 5.74) is 10.6. The molecule has 2 aromatic carbocycles. The highest BCUT2D eigenvalue weighted by atomic mass is 16.5. The number of aliphatic imine (C=N–C) groups is 1. The van der Waals surface area contributed by atoms with E-state index in [1.807, 2.05) is 12.4 Å². The molecule has 0 unspecified atom stereocenters. The lowest BCUT2D eigenvalue weighted by molar-refractivity contribution is 0.277. The first-order valence-corrected chi connectivity index (χ1v) is 11.4. The zero-order valence-corrected chi connectivity index (χ0v) is 19.0. The van der Waals surface area contributed by atoms with E-state index in [9.17, 15) is 0 Å². The molecule has 3 aliphatic heterocycles. The lowest BCUT2D eigenvalue weighted by Gasteiger charge is -2.30. The van der Waals surface area contributed by atoms with Crippen molar-refractivity contribution in [1.82, 2.24) is 9.97 Å². The average Bonchev–Trinajstić information content (AvgIpc) is 3.47. The second-order valence-corrected chi connectivity index (χ2v) is 9.54. The molecule has 6 rings (SSSR count). The third kappa shape index (κ3) is 2.99. The zero-order chi connectivity index (χ0) is 22.0. The molecular weight excluding hydrogens is 398 g/mol. The number of benzene rings is 2. The Kier molecular flexibility index (Phi) is 4.29. The van der Waals surface area contributed by atoms with E-state index in [0.717, 1.165) is 40.6 Å². The Bertz CT molecular complexity index is 1260. The molecule has 0 fully saturated rings. The van der Waals surface area contributed by atoms with E-state index in [-0.39, 0.29) is 0 Å². The van der Waals surface area contributed by atoms with Crippen molar-refractivity contribution in [3.8, 4) is 33.9 Å². The minimum atomic E-state index is 0.355. The number of rotatable bonds is 4. The molecule has 3 aromatic rings. The van der Waals surface area contributed by atoms with E-state index in [4.69, 9.17) is 9.47 Å². The van der Waals surface area contributed by atoms with E-state index in [1.165, 1.54) is 33.5 Å². The highest BCUT2D eigenvalue weighted by Gasteiger charge is 2.30. The SMILES string of the molecule is CC(C)C1=NC=C(c2cc3c4c(c2)COc2cc(-c5cnc(C(C)C)[nH]5)cc(c2-4)OC3)C1. The monoisotopic (exact) mass is 425 g/mol. The van der Waals surface area contributed by atoms with Crippen molar-refractivity contribution in [3.63, 3.8) is 0 Å². The number of nitrogens with one attached hydrogen (secondary N) is 1. The summed E-state index contributed by atoms with van der Waals surface area (Å²) in [7, 11) is 0. The van der Waals surface area contributed by atoms with E-state index >= 15 is 0 Å². The number of aromatic amines is 1. The predicted octanol–water partition coefficient (Wildman–Crippen LogP) is 6.49. The maximum absolute atomic E-state index is 6.25. The molecule has 0 bridgehead atoms.